The molecule has 0 bridgehead atoms. The van der Waals surface area contributed by atoms with Crippen molar-refractivity contribution in [3.63, 3.8) is 0 Å². The molecule has 7 heteroatoms. The number of rotatable bonds is 5. The molecule has 26 heavy (non-hydrogen) atoms. The van der Waals surface area contributed by atoms with E-state index in [0.29, 0.717) is 23.6 Å². The Morgan fingerprint density at radius 3 is 2.50 bits per heavy atom. The summed E-state index contributed by atoms with van der Waals surface area (Å²) in [6.07, 6.45) is 1.35. The maximum Gasteiger partial charge on any atom is 0.335 e. The zero-order valence-corrected chi connectivity index (χ0v) is 15.4. The van der Waals surface area contributed by atoms with E-state index in [2.05, 4.69) is 11.8 Å². The van der Waals surface area contributed by atoms with Gasteiger partial charge >= 0.3 is 5.97 Å². The van der Waals surface area contributed by atoms with E-state index < -0.39 is 16.0 Å². The summed E-state index contributed by atoms with van der Waals surface area (Å²) in [5, 5.41) is 14.9. The molecular formula is C19H22N2O4S. The minimum Gasteiger partial charge on any atom is -0.478 e. The van der Waals surface area contributed by atoms with Crippen LogP contribution in [-0.4, -0.2) is 32.6 Å². The van der Waals surface area contributed by atoms with E-state index in [0.717, 1.165) is 25.1 Å². The van der Waals surface area contributed by atoms with E-state index in [-0.39, 0.29) is 10.5 Å². The van der Waals surface area contributed by atoms with E-state index in [9.17, 15) is 18.3 Å². The fourth-order valence-corrected chi connectivity index (χ4v) is 4.23. The van der Waals surface area contributed by atoms with Crippen molar-refractivity contribution in [3.8, 4) is 0 Å². The normalized spacial score (nSPS) is 17.5. The predicted molar refractivity (Wildman–Crippen MR) is 100 cm³/mol. The van der Waals surface area contributed by atoms with Gasteiger partial charge in [-0.3, -0.25) is 0 Å². The van der Waals surface area contributed by atoms with Crippen LogP contribution in [0.2, 0.25) is 0 Å². The van der Waals surface area contributed by atoms with Crippen molar-refractivity contribution in [2.24, 2.45) is 11.1 Å². The first-order chi connectivity index (χ1) is 12.3. The Morgan fingerprint density at radius 2 is 1.96 bits per heavy atom. The molecule has 0 amide bonds. The summed E-state index contributed by atoms with van der Waals surface area (Å²) < 4.78 is 24.4. The van der Waals surface area contributed by atoms with E-state index in [1.807, 2.05) is 30.3 Å². The molecule has 0 saturated carbocycles. The number of nitrogens with zero attached hydrogens (tertiary/aromatic N) is 1. The molecule has 2 aromatic rings. The van der Waals surface area contributed by atoms with Gasteiger partial charge in [0.15, 0.2) is 0 Å². The van der Waals surface area contributed by atoms with Gasteiger partial charge < -0.3 is 10.0 Å². The number of carboxylic acid groups (broad SMARTS) is 1. The number of primary sulfonamides is 1. The molecule has 1 atom stereocenters. The van der Waals surface area contributed by atoms with Crippen LogP contribution in [0.3, 0.4) is 0 Å². The SMILES string of the molecule is CC1CCN(c2cc(C(=O)O)cc(S(N)(=O)=O)c2Cc2ccccc2)C1. The van der Waals surface area contributed by atoms with Gasteiger partial charge in [0, 0.05) is 25.2 Å². The summed E-state index contributed by atoms with van der Waals surface area (Å²) in [6.45, 7) is 3.64. The second-order valence-electron chi connectivity index (χ2n) is 6.82. The number of nitrogens with two attached hydrogens (primary N) is 1. The highest BCUT2D eigenvalue weighted by Crippen LogP contribution is 2.34. The fraction of sp³-hybridized carbons (Fsp3) is 0.316. The molecule has 1 saturated heterocycles. The summed E-state index contributed by atoms with van der Waals surface area (Å²) >= 11 is 0. The average molecular weight is 374 g/mol. The molecule has 0 radical (unpaired) electrons. The molecule has 138 valence electrons. The van der Waals surface area contributed by atoms with Crippen LogP contribution in [0.5, 0.6) is 0 Å². The first-order valence-electron chi connectivity index (χ1n) is 8.47. The molecule has 0 spiro atoms. The average Bonchev–Trinajstić information content (AvgIpc) is 3.01. The van der Waals surface area contributed by atoms with E-state index in [1.165, 1.54) is 6.07 Å². The standard InChI is InChI=1S/C19H22N2O4S/c1-13-7-8-21(12-13)17-10-15(19(22)23)11-18(26(20,24)25)16(17)9-14-5-3-2-4-6-14/h2-6,10-11,13H,7-9,12H2,1H3,(H,22,23)(H2,20,24,25). The number of anilines is 1. The van der Waals surface area contributed by atoms with Crippen molar-refractivity contribution in [2.45, 2.75) is 24.7 Å². The Bertz CT molecular complexity index is 926. The topological polar surface area (TPSA) is 101 Å². The van der Waals surface area contributed by atoms with E-state index in [1.54, 1.807) is 6.07 Å². The molecule has 2 aromatic carbocycles. The molecule has 3 N–H and O–H groups in total. The van der Waals surface area contributed by atoms with Crippen LogP contribution in [0.25, 0.3) is 0 Å². The van der Waals surface area contributed by atoms with E-state index >= 15 is 0 Å². The van der Waals surface area contributed by atoms with Crippen LogP contribution in [0.4, 0.5) is 5.69 Å². The summed E-state index contributed by atoms with van der Waals surface area (Å²) in [7, 11) is -4.07. The maximum atomic E-state index is 12.2. The Morgan fingerprint density at radius 1 is 1.27 bits per heavy atom. The van der Waals surface area contributed by atoms with Gasteiger partial charge in [-0.05, 0) is 35.6 Å². The Kier molecular flexibility index (Phi) is 5.02. The van der Waals surface area contributed by atoms with Gasteiger partial charge in [0.1, 0.15) is 0 Å². The third kappa shape index (κ3) is 3.89. The lowest BCUT2D eigenvalue weighted by molar-refractivity contribution is 0.0696. The maximum absolute atomic E-state index is 12.2. The predicted octanol–water partition coefficient (Wildman–Crippen LogP) is 2.47. The molecule has 0 aromatic heterocycles. The summed E-state index contributed by atoms with van der Waals surface area (Å²) in [6, 6.07) is 12.2. The Hall–Kier alpha value is -2.38. The van der Waals surface area contributed by atoms with Gasteiger partial charge in [-0.25, -0.2) is 18.4 Å². The van der Waals surface area contributed by atoms with Crippen LogP contribution >= 0.6 is 0 Å². The molecule has 0 aliphatic carbocycles. The number of carbonyl (C=O) groups is 1. The number of carboxylic acids is 1. The van der Waals surface area contributed by atoms with Crippen molar-refractivity contribution in [2.75, 3.05) is 18.0 Å². The molecular weight excluding hydrogens is 352 g/mol. The smallest absolute Gasteiger partial charge is 0.335 e. The lowest BCUT2D eigenvalue weighted by Crippen LogP contribution is -2.24. The third-order valence-corrected chi connectivity index (χ3v) is 5.70. The van der Waals surface area contributed by atoms with Crippen LogP contribution in [0.15, 0.2) is 47.4 Å². The highest BCUT2D eigenvalue weighted by Gasteiger charge is 2.27. The number of hydrogen-bond acceptors (Lipinski definition) is 4. The molecule has 1 heterocycles. The van der Waals surface area contributed by atoms with Crippen molar-refractivity contribution in [3.05, 3.63) is 59.2 Å². The summed E-state index contributed by atoms with van der Waals surface area (Å²) in [5.41, 5.74) is 2.06. The zero-order valence-electron chi connectivity index (χ0n) is 14.6. The number of aromatic carboxylic acids is 1. The van der Waals surface area contributed by atoms with Crippen LogP contribution in [0, 0.1) is 5.92 Å². The first kappa shape index (κ1) is 18.4. The molecule has 1 unspecified atom stereocenters. The van der Waals surface area contributed by atoms with Gasteiger partial charge in [0.25, 0.3) is 0 Å². The second kappa shape index (κ2) is 7.09. The minimum atomic E-state index is -4.07. The molecule has 1 fully saturated rings. The van der Waals surface area contributed by atoms with Crippen LogP contribution < -0.4 is 10.0 Å². The zero-order chi connectivity index (χ0) is 18.9. The largest absolute Gasteiger partial charge is 0.478 e. The van der Waals surface area contributed by atoms with Gasteiger partial charge in [0.05, 0.1) is 10.5 Å². The molecule has 3 rings (SSSR count). The van der Waals surface area contributed by atoms with Gasteiger partial charge in [-0.2, -0.15) is 0 Å². The lowest BCUT2D eigenvalue weighted by atomic mass is 10.00. The van der Waals surface area contributed by atoms with Crippen molar-refractivity contribution < 1.29 is 18.3 Å². The molecule has 1 aliphatic heterocycles. The first-order valence-corrected chi connectivity index (χ1v) is 10.0. The monoisotopic (exact) mass is 374 g/mol. The van der Waals surface area contributed by atoms with Crippen LogP contribution in [-0.2, 0) is 16.4 Å². The number of sulfonamides is 1. The van der Waals surface area contributed by atoms with Gasteiger partial charge in [-0.1, -0.05) is 37.3 Å². The van der Waals surface area contributed by atoms with Crippen molar-refractivity contribution in [1.82, 2.24) is 0 Å². The third-order valence-electron chi connectivity index (χ3n) is 4.73. The minimum absolute atomic E-state index is 0.0691. The highest BCUT2D eigenvalue weighted by molar-refractivity contribution is 7.89. The molecule has 1 aliphatic rings. The Balaban J connectivity index is 2.21. The Labute approximate surface area is 153 Å². The quantitative estimate of drug-likeness (QED) is 0.837. The number of hydrogen-bond donors (Lipinski definition) is 2. The molecule has 6 nitrogen and oxygen atoms in total. The van der Waals surface area contributed by atoms with Gasteiger partial charge in [-0.15, -0.1) is 0 Å². The van der Waals surface area contributed by atoms with Gasteiger partial charge in [0.2, 0.25) is 10.0 Å². The summed E-state index contributed by atoms with van der Waals surface area (Å²) in [5.74, 6) is -0.708. The van der Waals surface area contributed by atoms with Crippen molar-refractivity contribution >= 4 is 21.7 Å². The second-order valence-corrected chi connectivity index (χ2v) is 8.35. The number of benzene rings is 2. The highest BCUT2D eigenvalue weighted by atomic mass is 32.2. The van der Waals surface area contributed by atoms with Crippen LogP contribution in [0.1, 0.15) is 34.8 Å². The summed E-state index contributed by atoms with van der Waals surface area (Å²) in [4.78, 5) is 13.5. The lowest BCUT2D eigenvalue weighted by Gasteiger charge is -2.24. The fourth-order valence-electron chi connectivity index (χ4n) is 3.42. The van der Waals surface area contributed by atoms with E-state index in [4.69, 9.17) is 5.14 Å². The van der Waals surface area contributed by atoms with Crippen molar-refractivity contribution in [1.29, 1.82) is 0 Å².